The van der Waals surface area contributed by atoms with Gasteiger partial charge in [0.15, 0.2) is 5.17 Å². The van der Waals surface area contributed by atoms with E-state index in [1.54, 1.807) is 25.2 Å². The third-order valence-corrected chi connectivity index (χ3v) is 6.58. The first-order chi connectivity index (χ1) is 13.3. The van der Waals surface area contributed by atoms with E-state index in [4.69, 9.17) is 23.2 Å². The van der Waals surface area contributed by atoms with Crippen LogP contribution in [0.4, 0.5) is 11.4 Å². The Morgan fingerprint density at radius 1 is 1.21 bits per heavy atom. The number of amidine groups is 1. The highest BCUT2D eigenvalue weighted by molar-refractivity contribution is 8.15. The summed E-state index contributed by atoms with van der Waals surface area (Å²) in [4.78, 5) is 30.9. The molecular weight excluding hydrogens is 417 g/mol. The van der Waals surface area contributed by atoms with Crippen molar-refractivity contribution in [3.05, 3.63) is 57.6 Å². The summed E-state index contributed by atoms with van der Waals surface area (Å²) in [6.45, 7) is 3.94. The molecule has 28 heavy (non-hydrogen) atoms. The molecule has 2 aromatic rings. The van der Waals surface area contributed by atoms with Gasteiger partial charge in [0.05, 0.1) is 15.7 Å². The van der Waals surface area contributed by atoms with Gasteiger partial charge in [-0.25, -0.2) is 4.99 Å². The first-order valence-electron chi connectivity index (χ1n) is 8.61. The number of hydrogen-bond acceptors (Lipinski definition) is 4. The molecule has 1 fully saturated rings. The number of nitrogens with one attached hydrogen (secondary N) is 1. The molecule has 1 N–H and O–H groups in total. The molecule has 1 aliphatic heterocycles. The highest BCUT2D eigenvalue weighted by Gasteiger charge is 2.37. The first-order valence-corrected chi connectivity index (χ1v) is 10.2. The number of anilines is 1. The van der Waals surface area contributed by atoms with Crippen molar-refractivity contribution < 1.29 is 9.59 Å². The third-order valence-electron chi connectivity index (χ3n) is 4.54. The number of halogens is 2. The van der Waals surface area contributed by atoms with Crippen molar-refractivity contribution in [3.8, 4) is 0 Å². The Kier molecular flexibility index (Phi) is 6.33. The van der Waals surface area contributed by atoms with Gasteiger partial charge in [0, 0.05) is 19.2 Å². The fourth-order valence-electron chi connectivity index (χ4n) is 2.74. The normalized spacial score (nSPS) is 18.0. The lowest BCUT2D eigenvalue weighted by Gasteiger charge is -2.12. The van der Waals surface area contributed by atoms with Crippen LogP contribution >= 0.6 is 35.0 Å². The Labute approximate surface area is 178 Å². The van der Waals surface area contributed by atoms with Gasteiger partial charge < -0.3 is 5.32 Å². The smallest absolute Gasteiger partial charge is 0.242 e. The van der Waals surface area contributed by atoms with Gasteiger partial charge >= 0.3 is 0 Å². The monoisotopic (exact) mass is 435 g/mol. The minimum Gasteiger partial charge on any atom is -0.326 e. The van der Waals surface area contributed by atoms with Gasteiger partial charge in [0.2, 0.25) is 11.8 Å². The molecule has 2 amide bonds. The number of benzene rings is 2. The fraction of sp³-hybridized carbons (Fsp3) is 0.250. The van der Waals surface area contributed by atoms with Crippen LogP contribution < -0.4 is 5.32 Å². The highest BCUT2D eigenvalue weighted by atomic mass is 35.5. The minimum atomic E-state index is -0.535. The summed E-state index contributed by atoms with van der Waals surface area (Å²) in [5.41, 5.74) is 3.35. The molecule has 5 nitrogen and oxygen atoms in total. The molecule has 146 valence electrons. The molecule has 3 rings (SSSR count). The number of carbonyl (C=O) groups is 2. The number of aliphatic imine (C=N–C) groups is 1. The first kappa shape index (κ1) is 20.7. The molecule has 0 aromatic heterocycles. The van der Waals surface area contributed by atoms with E-state index in [2.05, 4.69) is 10.3 Å². The summed E-state index contributed by atoms with van der Waals surface area (Å²) in [5, 5.41) is 3.56. The number of aryl methyl sites for hydroxylation is 1. The zero-order valence-electron chi connectivity index (χ0n) is 15.6. The summed E-state index contributed by atoms with van der Waals surface area (Å²) in [7, 11) is 1.63. The van der Waals surface area contributed by atoms with Crippen LogP contribution in [0.3, 0.4) is 0 Å². The van der Waals surface area contributed by atoms with Crippen LogP contribution in [0.5, 0.6) is 0 Å². The number of amides is 2. The lowest BCUT2D eigenvalue weighted by molar-refractivity contribution is -0.127. The molecule has 0 saturated carbocycles. The molecule has 2 aromatic carbocycles. The van der Waals surface area contributed by atoms with E-state index >= 15 is 0 Å². The van der Waals surface area contributed by atoms with Crippen molar-refractivity contribution in [2.24, 2.45) is 4.99 Å². The standard InChI is InChI=1S/C20H19Cl2N3O2S/c1-11-6-4-8-14(12(11)2)23-17(26)10-16-19(27)25(3)20(28-16)24-15-9-5-7-13(21)18(15)22/h4-9,16H,10H2,1-3H3,(H,23,26)/t16-/m0/s1. The molecule has 8 heteroatoms. The molecule has 0 aliphatic carbocycles. The second kappa shape index (κ2) is 8.55. The lowest BCUT2D eigenvalue weighted by atomic mass is 10.1. The van der Waals surface area contributed by atoms with Crippen molar-refractivity contribution in [1.29, 1.82) is 0 Å². The van der Waals surface area contributed by atoms with Crippen LogP contribution in [0, 0.1) is 13.8 Å². The number of hydrogen-bond donors (Lipinski definition) is 1. The van der Waals surface area contributed by atoms with Gasteiger partial charge in [-0.2, -0.15) is 0 Å². The van der Waals surface area contributed by atoms with Crippen molar-refractivity contribution in [2.75, 3.05) is 12.4 Å². The van der Waals surface area contributed by atoms with Crippen LogP contribution in [0.15, 0.2) is 41.4 Å². The number of rotatable bonds is 4. The number of thioether (sulfide) groups is 1. The topological polar surface area (TPSA) is 61.8 Å². The quantitative estimate of drug-likeness (QED) is 0.717. The minimum absolute atomic E-state index is 0.0590. The van der Waals surface area contributed by atoms with E-state index in [0.29, 0.717) is 20.9 Å². The van der Waals surface area contributed by atoms with Gasteiger partial charge in [-0.1, -0.05) is 53.2 Å². The summed E-state index contributed by atoms with van der Waals surface area (Å²) in [5.74, 6) is -0.381. The van der Waals surface area contributed by atoms with Crippen LogP contribution in [0.1, 0.15) is 17.5 Å². The van der Waals surface area contributed by atoms with Crippen molar-refractivity contribution in [1.82, 2.24) is 4.90 Å². The molecule has 0 radical (unpaired) electrons. The summed E-state index contributed by atoms with van der Waals surface area (Å²) in [6.07, 6.45) is 0.0590. The fourth-order valence-corrected chi connectivity index (χ4v) is 4.22. The molecule has 0 spiro atoms. The van der Waals surface area contributed by atoms with E-state index in [-0.39, 0.29) is 18.2 Å². The molecule has 1 heterocycles. The van der Waals surface area contributed by atoms with Gasteiger partial charge in [-0.3, -0.25) is 14.5 Å². The molecule has 1 atom stereocenters. The van der Waals surface area contributed by atoms with E-state index in [1.807, 2.05) is 32.0 Å². The van der Waals surface area contributed by atoms with Crippen molar-refractivity contribution >= 4 is 63.3 Å². The lowest BCUT2D eigenvalue weighted by Crippen LogP contribution is -2.30. The SMILES string of the molecule is Cc1cccc(NC(=O)C[C@@H]2SC(=Nc3cccc(Cl)c3Cl)N(C)C2=O)c1C. The zero-order valence-corrected chi connectivity index (χ0v) is 18.0. The largest absolute Gasteiger partial charge is 0.326 e. The summed E-state index contributed by atoms with van der Waals surface area (Å²) >= 11 is 13.4. The average molecular weight is 436 g/mol. The molecule has 1 saturated heterocycles. The van der Waals surface area contributed by atoms with Gasteiger partial charge in [-0.15, -0.1) is 0 Å². The zero-order chi connectivity index (χ0) is 20.4. The van der Waals surface area contributed by atoms with Crippen LogP contribution in [-0.4, -0.2) is 34.2 Å². The van der Waals surface area contributed by atoms with Gasteiger partial charge in [0.25, 0.3) is 0 Å². The maximum absolute atomic E-state index is 12.6. The van der Waals surface area contributed by atoms with Gasteiger partial charge in [-0.05, 0) is 43.2 Å². The van der Waals surface area contributed by atoms with Crippen LogP contribution in [0.25, 0.3) is 0 Å². The average Bonchev–Trinajstić information content (AvgIpc) is 2.91. The van der Waals surface area contributed by atoms with E-state index in [9.17, 15) is 9.59 Å². The Morgan fingerprint density at radius 2 is 1.93 bits per heavy atom. The molecule has 0 unspecified atom stereocenters. The van der Waals surface area contributed by atoms with Crippen LogP contribution in [0.2, 0.25) is 10.0 Å². The Bertz CT molecular complexity index is 978. The second-order valence-corrected chi connectivity index (χ2v) is 8.43. The summed E-state index contributed by atoms with van der Waals surface area (Å²) < 4.78 is 0. The number of carbonyl (C=O) groups excluding carboxylic acids is 2. The highest BCUT2D eigenvalue weighted by Crippen LogP contribution is 2.36. The van der Waals surface area contributed by atoms with Crippen molar-refractivity contribution in [3.63, 3.8) is 0 Å². The summed E-state index contributed by atoms with van der Waals surface area (Å²) in [6, 6.07) is 10.9. The molecular formula is C20H19Cl2N3O2S. The van der Waals surface area contributed by atoms with E-state index < -0.39 is 5.25 Å². The molecule has 1 aliphatic rings. The third kappa shape index (κ3) is 4.35. The maximum Gasteiger partial charge on any atom is 0.242 e. The van der Waals surface area contributed by atoms with Gasteiger partial charge in [0.1, 0.15) is 5.25 Å². The predicted molar refractivity (Wildman–Crippen MR) is 117 cm³/mol. The maximum atomic E-state index is 12.6. The van der Waals surface area contributed by atoms with Crippen molar-refractivity contribution in [2.45, 2.75) is 25.5 Å². The number of nitrogens with zero attached hydrogens (tertiary/aromatic N) is 2. The Balaban J connectivity index is 1.73. The Morgan fingerprint density at radius 3 is 2.68 bits per heavy atom. The van der Waals surface area contributed by atoms with Crippen LogP contribution in [-0.2, 0) is 9.59 Å². The van der Waals surface area contributed by atoms with E-state index in [0.717, 1.165) is 16.8 Å². The molecule has 0 bridgehead atoms. The second-order valence-electron chi connectivity index (χ2n) is 6.47. The van der Waals surface area contributed by atoms with E-state index in [1.165, 1.54) is 16.7 Å². The Hall–Kier alpha value is -2.02. The predicted octanol–water partition coefficient (Wildman–Crippen LogP) is 5.20.